The van der Waals surface area contributed by atoms with Gasteiger partial charge in [-0.1, -0.05) is 18.5 Å². The van der Waals surface area contributed by atoms with Crippen LogP contribution < -0.4 is 5.73 Å². The summed E-state index contributed by atoms with van der Waals surface area (Å²) in [6.45, 7) is 1.99. The molecule has 4 heteroatoms. The Bertz CT molecular complexity index is 371. The predicted octanol–water partition coefficient (Wildman–Crippen LogP) is 3.00. The Labute approximate surface area is 94.0 Å². The van der Waals surface area contributed by atoms with E-state index in [1.54, 1.807) is 12.1 Å². The summed E-state index contributed by atoms with van der Waals surface area (Å²) in [4.78, 5) is 0. The van der Waals surface area contributed by atoms with Gasteiger partial charge in [-0.25, -0.2) is 0 Å². The lowest BCUT2D eigenvalue weighted by Crippen LogP contribution is -2.13. The van der Waals surface area contributed by atoms with Crippen molar-refractivity contribution in [1.82, 2.24) is 0 Å². The fourth-order valence-corrected chi connectivity index (χ4v) is 1.26. The molecule has 0 saturated carbocycles. The number of amidine groups is 1. The lowest BCUT2D eigenvalue weighted by molar-refractivity contribution is 0.492. The van der Waals surface area contributed by atoms with Crippen LogP contribution in [0, 0.1) is 5.41 Å². The van der Waals surface area contributed by atoms with Crippen LogP contribution in [0.15, 0.2) is 30.3 Å². The minimum atomic E-state index is -0.315. The summed E-state index contributed by atoms with van der Waals surface area (Å²) in [5, 5.41) is 7.75. The van der Waals surface area contributed by atoms with E-state index >= 15 is 0 Å². The molecule has 0 aromatic heterocycles. The first-order valence-corrected chi connectivity index (χ1v) is 4.99. The van der Waals surface area contributed by atoms with Crippen LogP contribution in [0.3, 0.4) is 0 Å². The lowest BCUT2D eigenvalue weighted by Gasteiger charge is -2.08. The van der Waals surface area contributed by atoms with Crippen LogP contribution in [-0.2, 0) is 4.74 Å². The highest BCUT2D eigenvalue weighted by atomic mass is 35.5. The predicted molar refractivity (Wildman–Crippen MR) is 62.7 cm³/mol. The molecule has 0 amide bonds. The van der Waals surface area contributed by atoms with Crippen molar-refractivity contribution >= 4 is 23.4 Å². The largest absolute Gasteiger partial charge is 0.426 e. The second-order valence-electron chi connectivity index (χ2n) is 2.95. The lowest BCUT2D eigenvalue weighted by atomic mass is 10.1. The van der Waals surface area contributed by atoms with Crippen molar-refractivity contribution < 1.29 is 4.74 Å². The van der Waals surface area contributed by atoms with Crippen molar-refractivity contribution in [2.24, 2.45) is 5.73 Å². The molecule has 0 unspecified atom stereocenters. The minimum absolute atomic E-state index is 0.315. The van der Waals surface area contributed by atoms with Gasteiger partial charge in [0.15, 0.2) is 0 Å². The minimum Gasteiger partial charge on any atom is -0.426 e. The molecule has 3 N–H and O–H groups in total. The number of halogens is 1. The summed E-state index contributed by atoms with van der Waals surface area (Å²) in [6, 6.07) is 6.87. The number of nitrogens with two attached hydrogens (primary N) is 1. The highest BCUT2D eigenvalue weighted by Gasteiger charge is 2.03. The van der Waals surface area contributed by atoms with Crippen molar-refractivity contribution in [3.63, 3.8) is 0 Å². The monoisotopic (exact) mass is 224 g/mol. The molecule has 0 saturated heterocycles. The number of rotatable bonds is 3. The second kappa shape index (κ2) is 5.41. The van der Waals surface area contributed by atoms with Gasteiger partial charge in [-0.15, -0.1) is 0 Å². The van der Waals surface area contributed by atoms with E-state index in [4.69, 9.17) is 27.5 Å². The molecule has 80 valence electrons. The number of benzene rings is 1. The van der Waals surface area contributed by atoms with Gasteiger partial charge in [-0.3, -0.25) is 5.41 Å². The molecule has 0 aliphatic rings. The first kappa shape index (κ1) is 11.6. The summed E-state index contributed by atoms with van der Waals surface area (Å²) >= 11 is 5.77. The third-order valence-electron chi connectivity index (χ3n) is 1.74. The maximum Gasteiger partial charge on any atom is 0.284 e. The molecule has 1 rings (SSSR count). The number of hydrogen-bond donors (Lipinski definition) is 2. The Morgan fingerprint density at radius 3 is 2.53 bits per heavy atom. The molecule has 0 fully saturated rings. The second-order valence-corrected chi connectivity index (χ2v) is 3.39. The molecule has 0 atom stereocenters. The average Bonchev–Trinajstić information content (AvgIpc) is 2.17. The van der Waals surface area contributed by atoms with E-state index in [0.717, 1.165) is 12.0 Å². The van der Waals surface area contributed by atoms with Crippen molar-refractivity contribution in [2.45, 2.75) is 13.3 Å². The van der Waals surface area contributed by atoms with Crippen LogP contribution in [0.1, 0.15) is 18.9 Å². The van der Waals surface area contributed by atoms with E-state index in [1.807, 2.05) is 25.1 Å². The molecule has 0 aliphatic heterocycles. The van der Waals surface area contributed by atoms with Crippen molar-refractivity contribution in [2.75, 3.05) is 0 Å². The first-order chi connectivity index (χ1) is 7.13. The quantitative estimate of drug-likeness (QED) is 0.471. The van der Waals surface area contributed by atoms with Gasteiger partial charge < -0.3 is 10.5 Å². The van der Waals surface area contributed by atoms with Gasteiger partial charge in [0, 0.05) is 10.6 Å². The number of hydrogen-bond acceptors (Lipinski definition) is 2. The van der Waals surface area contributed by atoms with Crippen molar-refractivity contribution in [1.29, 1.82) is 5.41 Å². The SMILES string of the molecule is CC/C=C(/OC(=N)N)c1ccc(Cl)cc1. The van der Waals surface area contributed by atoms with Crippen molar-refractivity contribution in [3.8, 4) is 0 Å². The molecular formula is C11H13ClN2O. The molecule has 0 bridgehead atoms. The zero-order valence-corrected chi connectivity index (χ0v) is 9.21. The Morgan fingerprint density at radius 2 is 2.07 bits per heavy atom. The smallest absolute Gasteiger partial charge is 0.284 e. The van der Waals surface area contributed by atoms with Crippen LogP contribution in [0.25, 0.3) is 5.76 Å². The summed E-state index contributed by atoms with van der Waals surface area (Å²) in [6.07, 6.45) is 2.68. The third-order valence-corrected chi connectivity index (χ3v) is 1.99. The highest BCUT2D eigenvalue weighted by Crippen LogP contribution is 2.19. The zero-order valence-electron chi connectivity index (χ0n) is 8.46. The topological polar surface area (TPSA) is 59.1 Å². The van der Waals surface area contributed by atoms with Gasteiger partial charge >= 0.3 is 0 Å². The van der Waals surface area contributed by atoms with Crippen molar-refractivity contribution in [3.05, 3.63) is 40.9 Å². The maximum atomic E-state index is 7.08. The van der Waals surface area contributed by atoms with Gasteiger partial charge in [0.1, 0.15) is 5.76 Å². The van der Waals surface area contributed by atoms with E-state index < -0.39 is 0 Å². The van der Waals surface area contributed by atoms with E-state index in [2.05, 4.69) is 0 Å². The van der Waals surface area contributed by atoms with Crippen LogP contribution in [-0.4, -0.2) is 6.02 Å². The molecule has 0 aliphatic carbocycles. The van der Waals surface area contributed by atoms with Crippen LogP contribution in [0.5, 0.6) is 0 Å². The highest BCUT2D eigenvalue weighted by molar-refractivity contribution is 6.30. The molecule has 0 radical (unpaired) electrons. The molecule has 1 aromatic carbocycles. The van der Waals surface area contributed by atoms with Crippen LogP contribution in [0.2, 0.25) is 5.02 Å². The van der Waals surface area contributed by atoms with Gasteiger partial charge in [-0.2, -0.15) is 0 Å². The standard InChI is InChI=1S/C11H13ClN2O/c1-2-3-10(15-11(13)14)8-4-6-9(12)7-5-8/h3-7H,2H2,1H3,(H3,13,14)/b10-3+. The fourth-order valence-electron chi connectivity index (χ4n) is 1.14. The van der Waals surface area contributed by atoms with Gasteiger partial charge in [0.2, 0.25) is 0 Å². The maximum absolute atomic E-state index is 7.08. The Morgan fingerprint density at radius 1 is 1.47 bits per heavy atom. The summed E-state index contributed by atoms with van der Waals surface area (Å²) in [5.74, 6) is 0.585. The molecule has 1 aromatic rings. The summed E-state index contributed by atoms with van der Waals surface area (Å²) in [5.41, 5.74) is 6.04. The molecule has 15 heavy (non-hydrogen) atoms. The molecule has 0 spiro atoms. The zero-order chi connectivity index (χ0) is 11.3. The number of nitrogens with one attached hydrogen (secondary N) is 1. The molecule has 3 nitrogen and oxygen atoms in total. The third kappa shape index (κ3) is 3.64. The van der Waals surface area contributed by atoms with E-state index in [1.165, 1.54) is 0 Å². The normalized spacial score (nSPS) is 11.2. The van der Waals surface area contributed by atoms with Crippen LogP contribution >= 0.6 is 11.6 Å². The first-order valence-electron chi connectivity index (χ1n) is 4.61. The Hall–Kier alpha value is -1.48. The summed E-state index contributed by atoms with van der Waals surface area (Å²) in [7, 11) is 0. The van der Waals surface area contributed by atoms with Gasteiger partial charge in [-0.05, 0) is 36.8 Å². The Balaban J connectivity index is 2.94. The van der Waals surface area contributed by atoms with Gasteiger partial charge in [0.25, 0.3) is 6.02 Å². The van der Waals surface area contributed by atoms with Gasteiger partial charge in [0.05, 0.1) is 0 Å². The Kier molecular flexibility index (Phi) is 4.18. The molecule has 0 heterocycles. The average molecular weight is 225 g/mol. The van der Waals surface area contributed by atoms with E-state index in [0.29, 0.717) is 10.8 Å². The number of allylic oxidation sites excluding steroid dienone is 1. The van der Waals surface area contributed by atoms with Crippen LogP contribution in [0.4, 0.5) is 0 Å². The summed E-state index contributed by atoms with van der Waals surface area (Å²) < 4.78 is 5.10. The number of ether oxygens (including phenoxy) is 1. The van der Waals surface area contributed by atoms with E-state index in [-0.39, 0.29) is 6.02 Å². The fraction of sp³-hybridized carbons (Fsp3) is 0.182. The molecular weight excluding hydrogens is 212 g/mol. The van der Waals surface area contributed by atoms with E-state index in [9.17, 15) is 0 Å².